The molecular formula is C16H19N3O3S. The lowest BCUT2D eigenvalue weighted by Gasteiger charge is -2.22. The number of benzene rings is 1. The highest BCUT2D eigenvalue weighted by Gasteiger charge is 2.29. The van der Waals surface area contributed by atoms with Crippen molar-refractivity contribution in [3.63, 3.8) is 0 Å². The molecule has 0 bridgehead atoms. The molecule has 2 aliphatic heterocycles. The van der Waals surface area contributed by atoms with Crippen LogP contribution >= 0.6 is 11.8 Å². The van der Waals surface area contributed by atoms with Crippen LogP contribution in [0, 0.1) is 5.92 Å². The van der Waals surface area contributed by atoms with Gasteiger partial charge in [-0.25, -0.2) is 0 Å². The lowest BCUT2D eigenvalue weighted by molar-refractivity contribution is -0.125. The highest BCUT2D eigenvalue weighted by Crippen LogP contribution is 2.22. The van der Waals surface area contributed by atoms with Crippen molar-refractivity contribution >= 4 is 34.5 Å². The molecule has 2 saturated heterocycles. The number of nitrogens with zero attached hydrogens (tertiary/aromatic N) is 1. The van der Waals surface area contributed by atoms with Gasteiger partial charge in [0.15, 0.2) is 0 Å². The SMILES string of the molecule is O=C(Nc1ccc(CN2C(=O)CSC2=O)cc1)C1CCCNC1. The first-order valence-electron chi connectivity index (χ1n) is 7.71. The molecule has 1 aromatic rings. The predicted molar refractivity (Wildman–Crippen MR) is 89.1 cm³/mol. The molecule has 0 radical (unpaired) electrons. The van der Waals surface area contributed by atoms with Crippen molar-refractivity contribution in [2.24, 2.45) is 5.92 Å². The summed E-state index contributed by atoms with van der Waals surface area (Å²) >= 11 is 1.03. The summed E-state index contributed by atoms with van der Waals surface area (Å²) in [5.41, 5.74) is 1.60. The van der Waals surface area contributed by atoms with Crippen LogP contribution in [0.25, 0.3) is 0 Å². The van der Waals surface area contributed by atoms with Crippen LogP contribution < -0.4 is 10.6 Å². The van der Waals surface area contributed by atoms with Crippen molar-refractivity contribution in [1.29, 1.82) is 0 Å². The average molecular weight is 333 g/mol. The second-order valence-electron chi connectivity index (χ2n) is 5.76. The summed E-state index contributed by atoms with van der Waals surface area (Å²) in [6.07, 6.45) is 1.93. The Balaban J connectivity index is 1.57. The summed E-state index contributed by atoms with van der Waals surface area (Å²) in [4.78, 5) is 36.6. The van der Waals surface area contributed by atoms with E-state index < -0.39 is 0 Å². The van der Waals surface area contributed by atoms with E-state index in [1.165, 1.54) is 4.90 Å². The smallest absolute Gasteiger partial charge is 0.289 e. The van der Waals surface area contributed by atoms with Crippen LogP contribution in [-0.2, 0) is 16.1 Å². The highest BCUT2D eigenvalue weighted by atomic mass is 32.2. The Morgan fingerprint density at radius 3 is 2.70 bits per heavy atom. The fourth-order valence-corrected chi connectivity index (χ4v) is 3.45. The maximum atomic E-state index is 12.2. The molecule has 2 fully saturated rings. The quantitative estimate of drug-likeness (QED) is 0.879. The molecule has 2 aliphatic rings. The number of carbonyl (C=O) groups is 3. The third kappa shape index (κ3) is 3.92. The monoisotopic (exact) mass is 333 g/mol. The lowest BCUT2D eigenvalue weighted by Crippen LogP contribution is -2.37. The fraction of sp³-hybridized carbons (Fsp3) is 0.438. The van der Waals surface area contributed by atoms with Crippen LogP contribution in [0.4, 0.5) is 10.5 Å². The van der Waals surface area contributed by atoms with Gasteiger partial charge in [-0.15, -0.1) is 0 Å². The van der Waals surface area contributed by atoms with E-state index in [1.54, 1.807) is 0 Å². The predicted octanol–water partition coefficient (Wildman–Crippen LogP) is 1.82. The normalized spacial score (nSPS) is 21.6. The first-order chi connectivity index (χ1) is 11.1. The van der Waals surface area contributed by atoms with Gasteiger partial charge in [-0.05, 0) is 37.1 Å². The van der Waals surface area contributed by atoms with Gasteiger partial charge in [0, 0.05) is 12.2 Å². The van der Waals surface area contributed by atoms with Crippen molar-refractivity contribution in [3.05, 3.63) is 29.8 Å². The van der Waals surface area contributed by atoms with Gasteiger partial charge in [0.1, 0.15) is 0 Å². The third-order valence-electron chi connectivity index (χ3n) is 4.07. The van der Waals surface area contributed by atoms with Gasteiger partial charge >= 0.3 is 0 Å². The molecule has 0 aliphatic carbocycles. The number of nitrogens with one attached hydrogen (secondary N) is 2. The Bertz CT molecular complexity index is 596. The summed E-state index contributed by atoms with van der Waals surface area (Å²) in [7, 11) is 0. The molecule has 1 unspecified atom stereocenters. The average Bonchev–Trinajstić information content (AvgIpc) is 2.89. The number of hydrogen-bond donors (Lipinski definition) is 2. The standard InChI is InChI=1S/C16H19N3O3S/c20-14-10-23-16(22)19(14)9-11-3-5-13(6-4-11)18-15(21)12-2-1-7-17-8-12/h3-6,12,17H,1-2,7-10H2,(H,18,21). The van der Waals surface area contributed by atoms with Crippen LogP contribution in [0.15, 0.2) is 24.3 Å². The molecule has 7 heteroatoms. The molecule has 0 aromatic heterocycles. The number of rotatable bonds is 4. The lowest BCUT2D eigenvalue weighted by atomic mass is 9.99. The van der Waals surface area contributed by atoms with Crippen molar-refractivity contribution < 1.29 is 14.4 Å². The van der Waals surface area contributed by atoms with E-state index in [0.29, 0.717) is 0 Å². The summed E-state index contributed by atoms with van der Waals surface area (Å²) in [6.45, 7) is 1.98. The molecule has 23 heavy (non-hydrogen) atoms. The largest absolute Gasteiger partial charge is 0.326 e. The number of hydrogen-bond acceptors (Lipinski definition) is 5. The molecule has 6 nitrogen and oxygen atoms in total. The molecule has 2 N–H and O–H groups in total. The minimum absolute atomic E-state index is 0.0142. The number of carbonyl (C=O) groups excluding carboxylic acids is 3. The van der Waals surface area contributed by atoms with Gasteiger partial charge in [-0.1, -0.05) is 23.9 Å². The Labute approximate surface area is 139 Å². The van der Waals surface area contributed by atoms with Gasteiger partial charge < -0.3 is 10.6 Å². The van der Waals surface area contributed by atoms with E-state index in [2.05, 4.69) is 10.6 Å². The Morgan fingerprint density at radius 1 is 1.30 bits per heavy atom. The number of piperidine rings is 1. The molecule has 122 valence electrons. The van der Waals surface area contributed by atoms with Crippen molar-refractivity contribution in [1.82, 2.24) is 10.2 Å². The summed E-state index contributed by atoms with van der Waals surface area (Å²) in [5.74, 6) is 0.122. The van der Waals surface area contributed by atoms with E-state index in [4.69, 9.17) is 0 Å². The van der Waals surface area contributed by atoms with Crippen molar-refractivity contribution in [2.75, 3.05) is 24.2 Å². The van der Waals surface area contributed by atoms with E-state index in [1.807, 2.05) is 24.3 Å². The highest BCUT2D eigenvalue weighted by molar-refractivity contribution is 8.14. The van der Waals surface area contributed by atoms with Gasteiger partial charge in [0.05, 0.1) is 18.2 Å². The molecule has 0 spiro atoms. The zero-order chi connectivity index (χ0) is 16.2. The van der Waals surface area contributed by atoms with Gasteiger partial charge in [-0.3, -0.25) is 19.3 Å². The first-order valence-corrected chi connectivity index (χ1v) is 8.69. The van der Waals surface area contributed by atoms with Gasteiger partial charge in [0.2, 0.25) is 11.8 Å². The summed E-state index contributed by atoms with van der Waals surface area (Å²) < 4.78 is 0. The third-order valence-corrected chi connectivity index (χ3v) is 4.93. The van der Waals surface area contributed by atoms with E-state index in [-0.39, 0.29) is 35.3 Å². The Morgan fingerprint density at radius 2 is 2.09 bits per heavy atom. The Hall–Kier alpha value is -1.86. The summed E-state index contributed by atoms with van der Waals surface area (Å²) in [6, 6.07) is 7.28. The maximum Gasteiger partial charge on any atom is 0.289 e. The first kappa shape index (κ1) is 16.0. The van der Waals surface area contributed by atoms with Crippen LogP contribution in [0.2, 0.25) is 0 Å². The van der Waals surface area contributed by atoms with Gasteiger partial charge in [-0.2, -0.15) is 0 Å². The van der Waals surface area contributed by atoms with E-state index >= 15 is 0 Å². The molecule has 0 saturated carbocycles. The second kappa shape index (κ2) is 7.14. The second-order valence-corrected chi connectivity index (χ2v) is 6.69. The zero-order valence-corrected chi connectivity index (χ0v) is 13.5. The molecular weight excluding hydrogens is 314 g/mol. The summed E-state index contributed by atoms with van der Waals surface area (Å²) in [5, 5.41) is 5.95. The Kier molecular flexibility index (Phi) is 4.97. The maximum absolute atomic E-state index is 12.2. The minimum Gasteiger partial charge on any atom is -0.326 e. The fourth-order valence-electron chi connectivity index (χ4n) is 2.73. The minimum atomic E-state index is -0.197. The molecule has 2 heterocycles. The molecule has 1 aromatic carbocycles. The number of thioether (sulfide) groups is 1. The van der Waals surface area contributed by atoms with Crippen molar-refractivity contribution in [3.8, 4) is 0 Å². The van der Waals surface area contributed by atoms with Crippen LogP contribution in [-0.4, -0.2) is 40.8 Å². The van der Waals surface area contributed by atoms with E-state index in [9.17, 15) is 14.4 Å². The van der Waals surface area contributed by atoms with Crippen LogP contribution in [0.3, 0.4) is 0 Å². The van der Waals surface area contributed by atoms with Crippen molar-refractivity contribution in [2.45, 2.75) is 19.4 Å². The van der Waals surface area contributed by atoms with E-state index in [0.717, 1.165) is 48.9 Å². The van der Waals surface area contributed by atoms with Gasteiger partial charge in [0.25, 0.3) is 5.24 Å². The number of anilines is 1. The number of amides is 3. The topological polar surface area (TPSA) is 78.5 Å². The van der Waals surface area contributed by atoms with Crippen LogP contribution in [0.5, 0.6) is 0 Å². The van der Waals surface area contributed by atoms with Crippen LogP contribution in [0.1, 0.15) is 18.4 Å². The molecule has 1 atom stereocenters. The number of imide groups is 1. The molecule has 3 rings (SSSR count). The zero-order valence-electron chi connectivity index (χ0n) is 12.7. The molecule has 3 amide bonds.